The molecule has 1 aliphatic heterocycles. The van der Waals surface area contributed by atoms with Gasteiger partial charge in [-0.25, -0.2) is 0 Å². The number of alkyl halides is 3. The molecule has 0 saturated carbocycles. The summed E-state index contributed by atoms with van der Waals surface area (Å²) in [6.45, 7) is -0.270. The SMILES string of the molecule is C[C@@H](CO)NC(=O)C1CC(=O)N(CC(F)(F)F)C1. The van der Waals surface area contributed by atoms with Gasteiger partial charge in [0.15, 0.2) is 0 Å². The highest BCUT2D eigenvalue weighted by Gasteiger charge is 2.40. The lowest BCUT2D eigenvalue weighted by Crippen LogP contribution is -2.41. The van der Waals surface area contributed by atoms with E-state index in [-0.39, 0.29) is 19.6 Å². The number of halogens is 3. The fourth-order valence-electron chi connectivity index (χ4n) is 1.72. The lowest BCUT2D eigenvalue weighted by atomic mass is 10.1. The van der Waals surface area contributed by atoms with Crippen LogP contribution in [0.4, 0.5) is 13.2 Å². The zero-order valence-corrected chi connectivity index (χ0v) is 9.83. The molecule has 0 aromatic carbocycles. The number of rotatable bonds is 4. The largest absolute Gasteiger partial charge is 0.406 e. The van der Waals surface area contributed by atoms with Crippen LogP contribution in [0.5, 0.6) is 0 Å². The maximum absolute atomic E-state index is 12.1. The van der Waals surface area contributed by atoms with Gasteiger partial charge in [0.1, 0.15) is 6.54 Å². The van der Waals surface area contributed by atoms with Crippen molar-refractivity contribution in [2.75, 3.05) is 19.7 Å². The number of amides is 2. The molecule has 1 rings (SSSR count). The van der Waals surface area contributed by atoms with Gasteiger partial charge in [-0.05, 0) is 6.92 Å². The van der Waals surface area contributed by atoms with Crippen molar-refractivity contribution in [1.82, 2.24) is 10.2 Å². The summed E-state index contributed by atoms with van der Waals surface area (Å²) in [5.41, 5.74) is 0. The number of nitrogens with one attached hydrogen (secondary N) is 1. The molecule has 18 heavy (non-hydrogen) atoms. The molecule has 0 aromatic rings. The van der Waals surface area contributed by atoms with E-state index in [2.05, 4.69) is 5.32 Å². The Kier molecular flexibility index (Phi) is 4.55. The quantitative estimate of drug-likeness (QED) is 0.747. The smallest absolute Gasteiger partial charge is 0.394 e. The fourth-order valence-corrected chi connectivity index (χ4v) is 1.72. The molecule has 2 amide bonds. The highest BCUT2D eigenvalue weighted by atomic mass is 19.4. The van der Waals surface area contributed by atoms with Crippen LogP contribution >= 0.6 is 0 Å². The Morgan fingerprint density at radius 2 is 2.22 bits per heavy atom. The summed E-state index contributed by atoms with van der Waals surface area (Å²) in [7, 11) is 0. The average molecular weight is 268 g/mol. The molecule has 1 unspecified atom stereocenters. The summed E-state index contributed by atoms with van der Waals surface area (Å²) in [5, 5.41) is 11.2. The number of nitrogens with zero attached hydrogens (tertiary/aromatic N) is 1. The van der Waals surface area contributed by atoms with Gasteiger partial charge in [-0.2, -0.15) is 13.2 Å². The maximum atomic E-state index is 12.1. The second-order valence-electron chi connectivity index (χ2n) is 4.38. The zero-order valence-electron chi connectivity index (χ0n) is 9.83. The Morgan fingerprint density at radius 1 is 1.61 bits per heavy atom. The molecule has 0 spiro atoms. The first-order chi connectivity index (χ1) is 8.23. The van der Waals surface area contributed by atoms with Crippen LogP contribution in [0.1, 0.15) is 13.3 Å². The van der Waals surface area contributed by atoms with Crippen LogP contribution in [0.2, 0.25) is 0 Å². The number of hydrogen-bond donors (Lipinski definition) is 2. The lowest BCUT2D eigenvalue weighted by Gasteiger charge is -2.19. The number of aliphatic hydroxyl groups excluding tert-OH is 1. The van der Waals surface area contributed by atoms with Gasteiger partial charge in [0.25, 0.3) is 0 Å². The third-order valence-corrected chi connectivity index (χ3v) is 2.62. The van der Waals surface area contributed by atoms with Gasteiger partial charge in [-0.15, -0.1) is 0 Å². The number of likely N-dealkylation sites (tertiary alicyclic amines) is 1. The molecule has 0 radical (unpaired) electrons. The van der Waals surface area contributed by atoms with Gasteiger partial charge < -0.3 is 15.3 Å². The predicted octanol–water partition coefficient (Wildman–Crippen LogP) is -0.106. The molecule has 8 heteroatoms. The van der Waals surface area contributed by atoms with E-state index in [1.165, 1.54) is 0 Å². The molecule has 1 heterocycles. The van der Waals surface area contributed by atoms with Gasteiger partial charge in [0.2, 0.25) is 11.8 Å². The van der Waals surface area contributed by atoms with Gasteiger partial charge in [0.05, 0.1) is 12.5 Å². The summed E-state index contributed by atoms with van der Waals surface area (Å²) >= 11 is 0. The van der Waals surface area contributed by atoms with Gasteiger partial charge in [-0.1, -0.05) is 0 Å². The Bertz CT molecular complexity index is 333. The molecule has 2 atom stereocenters. The summed E-state index contributed by atoms with van der Waals surface area (Å²) in [6.07, 6.45) is -4.68. The first-order valence-electron chi connectivity index (χ1n) is 5.48. The third kappa shape index (κ3) is 4.17. The van der Waals surface area contributed by atoms with Gasteiger partial charge in [-0.3, -0.25) is 9.59 Å². The molecule has 2 N–H and O–H groups in total. The summed E-state index contributed by atoms with van der Waals surface area (Å²) in [4.78, 5) is 23.5. The van der Waals surface area contributed by atoms with Crippen molar-refractivity contribution in [1.29, 1.82) is 0 Å². The Labute approximate surface area is 102 Å². The van der Waals surface area contributed by atoms with Gasteiger partial charge >= 0.3 is 6.18 Å². The van der Waals surface area contributed by atoms with E-state index in [1.807, 2.05) is 0 Å². The van der Waals surface area contributed by atoms with Crippen molar-refractivity contribution in [2.45, 2.75) is 25.6 Å². The molecular weight excluding hydrogens is 253 g/mol. The maximum Gasteiger partial charge on any atom is 0.406 e. The van der Waals surface area contributed by atoms with Crippen LogP contribution in [-0.4, -0.2) is 53.7 Å². The highest BCUT2D eigenvalue weighted by molar-refractivity contribution is 5.89. The standard InChI is InChI=1S/C10H15F3N2O3/c1-6(4-16)14-9(18)7-2-8(17)15(3-7)5-10(11,12)13/h6-7,16H,2-5H2,1H3,(H,14,18)/t6-,7?/m0/s1. The topological polar surface area (TPSA) is 69.6 Å². The minimum Gasteiger partial charge on any atom is -0.394 e. The molecule has 5 nitrogen and oxygen atoms in total. The minimum absolute atomic E-state index is 0.222. The molecule has 0 aliphatic carbocycles. The number of carbonyl (C=O) groups excluding carboxylic acids is 2. The van der Waals surface area contributed by atoms with E-state index in [0.29, 0.717) is 4.90 Å². The third-order valence-electron chi connectivity index (χ3n) is 2.62. The molecular formula is C10H15F3N2O3. The number of carbonyl (C=O) groups is 2. The molecule has 0 aromatic heterocycles. The Balaban J connectivity index is 2.53. The van der Waals surface area contributed by atoms with Crippen molar-refractivity contribution in [3.05, 3.63) is 0 Å². The molecule has 1 saturated heterocycles. The summed E-state index contributed by atoms with van der Waals surface area (Å²) < 4.78 is 36.4. The van der Waals surface area contributed by atoms with Crippen LogP contribution in [0.3, 0.4) is 0 Å². The number of hydrogen-bond acceptors (Lipinski definition) is 3. The van der Waals surface area contributed by atoms with Crippen LogP contribution in [0.15, 0.2) is 0 Å². The van der Waals surface area contributed by atoms with Crippen LogP contribution in [0.25, 0.3) is 0 Å². The van der Waals surface area contributed by atoms with E-state index in [0.717, 1.165) is 0 Å². The molecule has 104 valence electrons. The van der Waals surface area contributed by atoms with Crippen molar-refractivity contribution < 1.29 is 27.9 Å². The molecule has 1 aliphatic rings. The first kappa shape index (κ1) is 14.7. The van der Waals surface area contributed by atoms with E-state index < -0.39 is 36.5 Å². The Hall–Kier alpha value is -1.31. The second-order valence-corrected chi connectivity index (χ2v) is 4.38. The van der Waals surface area contributed by atoms with Crippen molar-refractivity contribution >= 4 is 11.8 Å². The average Bonchev–Trinajstić information content (AvgIpc) is 2.57. The lowest BCUT2D eigenvalue weighted by molar-refractivity contribution is -0.157. The first-order valence-corrected chi connectivity index (χ1v) is 5.48. The summed E-state index contributed by atoms with van der Waals surface area (Å²) in [6, 6.07) is -0.482. The van der Waals surface area contributed by atoms with Crippen molar-refractivity contribution in [2.24, 2.45) is 5.92 Å². The number of aliphatic hydroxyl groups is 1. The Morgan fingerprint density at radius 3 is 2.72 bits per heavy atom. The zero-order chi connectivity index (χ0) is 13.9. The van der Waals surface area contributed by atoms with E-state index in [1.54, 1.807) is 6.92 Å². The van der Waals surface area contributed by atoms with Crippen molar-refractivity contribution in [3.8, 4) is 0 Å². The van der Waals surface area contributed by atoms with E-state index in [4.69, 9.17) is 5.11 Å². The monoisotopic (exact) mass is 268 g/mol. The van der Waals surface area contributed by atoms with E-state index >= 15 is 0 Å². The molecule has 1 fully saturated rings. The summed E-state index contributed by atoms with van der Waals surface area (Å²) in [5.74, 6) is -1.97. The highest BCUT2D eigenvalue weighted by Crippen LogP contribution is 2.23. The van der Waals surface area contributed by atoms with Crippen LogP contribution in [0, 0.1) is 5.92 Å². The minimum atomic E-state index is -4.46. The predicted molar refractivity (Wildman–Crippen MR) is 55.4 cm³/mol. The normalized spacial score (nSPS) is 22.2. The molecule has 0 bridgehead atoms. The van der Waals surface area contributed by atoms with Crippen LogP contribution in [-0.2, 0) is 9.59 Å². The van der Waals surface area contributed by atoms with E-state index in [9.17, 15) is 22.8 Å². The van der Waals surface area contributed by atoms with Gasteiger partial charge in [0, 0.05) is 19.0 Å². The van der Waals surface area contributed by atoms with Crippen molar-refractivity contribution in [3.63, 3.8) is 0 Å². The fraction of sp³-hybridized carbons (Fsp3) is 0.800. The second kappa shape index (κ2) is 5.55. The van der Waals surface area contributed by atoms with Crippen LogP contribution < -0.4 is 5.32 Å².